The maximum atomic E-state index is 5.39. The van der Waals surface area contributed by atoms with Gasteiger partial charge in [0.15, 0.2) is 0 Å². The minimum Gasteiger partial charge on any atom is -0.310 e. The van der Waals surface area contributed by atoms with Crippen molar-refractivity contribution in [1.29, 1.82) is 0 Å². The van der Waals surface area contributed by atoms with Gasteiger partial charge in [-0.3, -0.25) is 9.80 Å². The topological polar surface area (TPSA) is 18.5 Å². The third-order valence-electron chi connectivity index (χ3n) is 5.21. The van der Waals surface area contributed by atoms with Crippen molar-refractivity contribution in [2.75, 3.05) is 32.7 Å². The molecule has 3 aliphatic rings. The van der Waals surface area contributed by atoms with E-state index in [9.17, 15) is 0 Å². The molecule has 3 nitrogen and oxygen atoms in total. The summed E-state index contributed by atoms with van der Waals surface area (Å²) in [6.45, 7) is 5.82. The Morgan fingerprint density at radius 1 is 1.00 bits per heavy atom. The maximum absolute atomic E-state index is 5.39. The molecule has 3 aliphatic heterocycles. The van der Waals surface area contributed by atoms with E-state index in [1.54, 1.807) is 0 Å². The van der Waals surface area contributed by atoms with Crippen LogP contribution < -0.4 is 5.32 Å². The van der Waals surface area contributed by atoms with Gasteiger partial charge in [0, 0.05) is 37.8 Å². The van der Waals surface area contributed by atoms with Gasteiger partial charge in [0.05, 0.1) is 6.54 Å². The Morgan fingerprint density at radius 3 is 2.63 bits per heavy atom. The summed E-state index contributed by atoms with van der Waals surface area (Å²) in [6.07, 6.45) is 13.5. The predicted molar refractivity (Wildman–Crippen MR) is 79.0 cm³/mol. The van der Waals surface area contributed by atoms with Crippen LogP contribution >= 0.6 is 0 Å². The molecule has 3 heterocycles. The first-order valence-corrected chi connectivity index (χ1v) is 8.03. The first-order valence-electron chi connectivity index (χ1n) is 8.03. The molecule has 0 radical (unpaired) electrons. The van der Waals surface area contributed by atoms with Crippen LogP contribution in [0.2, 0.25) is 0 Å². The molecule has 19 heavy (non-hydrogen) atoms. The molecule has 0 aromatic heterocycles. The zero-order chi connectivity index (χ0) is 13.1. The van der Waals surface area contributed by atoms with Gasteiger partial charge in [-0.1, -0.05) is 12.3 Å². The van der Waals surface area contributed by atoms with Crippen molar-refractivity contribution >= 4 is 0 Å². The van der Waals surface area contributed by atoms with Crippen LogP contribution in [0.5, 0.6) is 0 Å². The summed E-state index contributed by atoms with van der Waals surface area (Å²) in [5.74, 6) is 2.76. The van der Waals surface area contributed by atoms with Gasteiger partial charge in [0.2, 0.25) is 0 Å². The molecular weight excluding hydrogens is 234 g/mol. The molecule has 0 bridgehead atoms. The van der Waals surface area contributed by atoms with Crippen molar-refractivity contribution in [1.82, 2.24) is 15.1 Å². The Bertz CT molecular complexity index is 327. The average molecular weight is 261 g/mol. The quantitative estimate of drug-likeness (QED) is 0.773. The van der Waals surface area contributed by atoms with E-state index in [0.717, 1.165) is 24.7 Å². The van der Waals surface area contributed by atoms with Crippen molar-refractivity contribution in [3.8, 4) is 12.3 Å². The molecule has 3 fully saturated rings. The molecule has 2 unspecified atom stereocenters. The zero-order valence-electron chi connectivity index (χ0n) is 12.0. The molecule has 3 saturated heterocycles. The van der Waals surface area contributed by atoms with Crippen molar-refractivity contribution in [3.63, 3.8) is 0 Å². The molecule has 106 valence electrons. The molecule has 0 saturated carbocycles. The number of hydrogen-bond donors (Lipinski definition) is 1. The highest BCUT2D eigenvalue weighted by molar-refractivity contribution is 4.96. The summed E-state index contributed by atoms with van der Waals surface area (Å²) in [4.78, 5) is 5.12. The second-order valence-corrected chi connectivity index (χ2v) is 6.42. The number of rotatable bonds is 3. The molecule has 0 aliphatic carbocycles. The number of fused-ring (bicyclic) bond motifs is 1. The van der Waals surface area contributed by atoms with E-state index in [0.29, 0.717) is 0 Å². The molecule has 3 heteroatoms. The Morgan fingerprint density at radius 2 is 1.84 bits per heavy atom. The molecule has 3 rings (SSSR count). The summed E-state index contributed by atoms with van der Waals surface area (Å²) < 4.78 is 0. The first kappa shape index (κ1) is 13.4. The highest BCUT2D eigenvalue weighted by Gasteiger charge is 2.36. The van der Waals surface area contributed by atoms with Crippen LogP contribution in [0.15, 0.2) is 0 Å². The second-order valence-electron chi connectivity index (χ2n) is 6.42. The van der Waals surface area contributed by atoms with E-state index in [4.69, 9.17) is 6.42 Å². The van der Waals surface area contributed by atoms with Gasteiger partial charge in [-0.25, -0.2) is 0 Å². The van der Waals surface area contributed by atoms with E-state index < -0.39 is 0 Å². The Kier molecular flexibility index (Phi) is 4.42. The number of piperidine rings is 2. The summed E-state index contributed by atoms with van der Waals surface area (Å²) in [5, 5.41) is 3.96. The van der Waals surface area contributed by atoms with Gasteiger partial charge < -0.3 is 5.32 Å². The summed E-state index contributed by atoms with van der Waals surface area (Å²) in [7, 11) is 0. The molecule has 2 atom stereocenters. The predicted octanol–water partition coefficient (Wildman–Crippen LogP) is 1.30. The van der Waals surface area contributed by atoms with Crippen LogP contribution in [-0.4, -0.2) is 60.6 Å². The molecule has 0 spiro atoms. The summed E-state index contributed by atoms with van der Waals surface area (Å²) >= 11 is 0. The Hall–Kier alpha value is -0.560. The third kappa shape index (κ3) is 3.13. The maximum Gasteiger partial charge on any atom is 0.0598 e. The fraction of sp³-hybridized carbons (Fsp3) is 0.875. The van der Waals surface area contributed by atoms with E-state index in [1.165, 1.54) is 64.7 Å². The van der Waals surface area contributed by atoms with Gasteiger partial charge >= 0.3 is 0 Å². The highest BCUT2D eigenvalue weighted by atomic mass is 15.2. The van der Waals surface area contributed by atoms with E-state index in [1.807, 2.05) is 0 Å². The van der Waals surface area contributed by atoms with Crippen LogP contribution in [0.3, 0.4) is 0 Å². The zero-order valence-corrected chi connectivity index (χ0v) is 12.0. The molecule has 0 aromatic rings. The lowest BCUT2D eigenvalue weighted by molar-refractivity contribution is 0.161. The Labute approximate surface area is 117 Å². The second kappa shape index (κ2) is 6.26. The fourth-order valence-corrected chi connectivity index (χ4v) is 4.13. The van der Waals surface area contributed by atoms with Crippen molar-refractivity contribution in [2.45, 2.75) is 56.7 Å². The van der Waals surface area contributed by atoms with Crippen LogP contribution in [0, 0.1) is 12.3 Å². The Balaban J connectivity index is 1.46. The first-order chi connectivity index (χ1) is 9.36. The number of hydrogen-bond acceptors (Lipinski definition) is 3. The molecule has 0 aromatic carbocycles. The fourth-order valence-electron chi connectivity index (χ4n) is 4.13. The lowest BCUT2D eigenvalue weighted by Gasteiger charge is -2.37. The van der Waals surface area contributed by atoms with E-state index in [2.05, 4.69) is 21.0 Å². The number of likely N-dealkylation sites (tertiary alicyclic amines) is 1. The number of terminal acetylenes is 1. The van der Waals surface area contributed by atoms with Crippen molar-refractivity contribution in [3.05, 3.63) is 0 Å². The van der Waals surface area contributed by atoms with Gasteiger partial charge in [0.25, 0.3) is 0 Å². The third-order valence-corrected chi connectivity index (χ3v) is 5.21. The largest absolute Gasteiger partial charge is 0.310 e. The molecule has 1 N–H and O–H groups in total. The number of nitrogens with zero attached hydrogens (tertiary/aromatic N) is 2. The van der Waals surface area contributed by atoms with Gasteiger partial charge in [-0.2, -0.15) is 0 Å². The average Bonchev–Trinajstić information content (AvgIpc) is 2.85. The molecule has 0 amide bonds. The van der Waals surface area contributed by atoms with E-state index >= 15 is 0 Å². The van der Waals surface area contributed by atoms with Gasteiger partial charge in [-0.15, -0.1) is 6.42 Å². The monoisotopic (exact) mass is 261 g/mol. The minimum absolute atomic E-state index is 0.723. The van der Waals surface area contributed by atoms with Crippen molar-refractivity contribution < 1.29 is 0 Å². The summed E-state index contributed by atoms with van der Waals surface area (Å²) in [6, 6.07) is 2.31. The van der Waals surface area contributed by atoms with Crippen LogP contribution in [0.1, 0.15) is 38.5 Å². The SMILES string of the molecule is C#CCN1CCC(NC2CCN3CCCCC23)CC1. The van der Waals surface area contributed by atoms with Gasteiger partial charge in [-0.05, 0) is 38.6 Å². The number of nitrogens with one attached hydrogen (secondary N) is 1. The van der Waals surface area contributed by atoms with Gasteiger partial charge in [0.1, 0.15) is 0 Å². The smallest absolute Gasteiger partial charge is 0.0598 e. The van der Waals surface area contributed by atoms with Crippen LogP contribution in [-0.2, 0) is 0 Å². The lowest BCUT2D eigenvalue weighted by Crippen LogP contribution is -2.51. The lowest BCUT2D eigenvalue weighted by atomic mass is 9.96. The standard InChI is InChI=1S/C16H27N3/c1-2-9-18-11-6-14(7-12-18)17-15-8-13-19-10-4-3-5-16(15)19/h1,14-17H,3-13H2. The van der Waals surface area contributed by atoms with Crippen molar-refractivity contribution in [2.24, 2.45) is 0 Å². The molecular formula is C16H27N3. The van der Waals surface area contributed by atoms with E-state index in [-0.39, 0.29) is 0 Å². The highest BCUT2D eigenvalue weighted by Crippen LogP contribution is 2.28. The normalized spacial score (nSPS) is 34.1. The van der Waals surface area contributed by atoms with Crippen LogP contribution in [0.4, 0.5) is 0 Å². The minimum atomic E-state index is 0.723. The van der Waals surface area contributed by atoms with Crippen LogP contribution in [0.25, 0.3) is 0 Å². The summed E-state index contributed by atoms with van der Waals surface area (Å²) in [5.41, 5.74) is 0.